The van der Waals surface area contributed by atoms with Gasteiger partial charge >= 0.3 is 5.97 Å². The molecule has 0 aliphatic carbocycles. The second-order valence-corrected chi connectivity index (χ2v) is 2.50. The molecule has 0 rings (SSSR count). The van der Waals surface area contributed by atoms with Crippen molar-refractivity contribution >= 4 is 5.97 Å². The zero-order valence-electron chi connectivity index (χ0n) is 7.59. The number of ether oxygens (including phenoxy) is 1. The summed E-state index contributed by atoms with van der Waals surface area (Å²) in [6, 6.07) is 0.166. The Morgan fingerprint density at radius 1 is 1.75 bits per heavy atom. The molecule has 1 N–H and O–H groups in total. The number of rotatable bonds is 5. The van der Waals surface area contributed by atoms with Crippen molar-refractivity contribution in [2.45, 2.75) is 26.3 Å². The van der Waals surface area contributed by atoms with Gasteiger partial charge in [-0.15, -0.1) is 12.3 Å². The molecule has 3 nitrogen and oxygen atoms in total. The normalized spacial score (nSPS) is 11.8. The molecule has 0 radical (unpaired) electrons. The summed E-state index contributed by atoms with van der Waals surface area (Å²) in [6.07, 6.45) is 5.71. The van der Waals surface area contributed by atoms with Crippen LogP contribution in [0.4, 0.5) is 0 Å². The standard InChI is InChI=1S/C9H15NO2/c1-4-6-8(3)10-7-9(11)12-5-2/h1,8,10H,5-7H2,2-3H3. The number of hydrogen-bond donors (Lipinski definition) is 1. The lowest BCUT2D eigenvalue weighted by Gasteiger charge is -2.09. The van der Waals surface area contributed by atoms with Crippen LogP contribution in [-0.4, -0.2) is 25.2 Å². The Morgan fingerprint density at radius 2 is 2.42 bits per heavy atom. The highest BCUT2D eigenvalue weighted by molar-refractivity contribution is 5.71. The fourth-order valence-corrected chi connectivity index (χ4v) is 0.719. The average molecular weight is 169 g/mol. The summed E-state index contributed by atoms with van der Waals surface area (Å²) < 4.78 is 4.72. The van der Waals surface area contributed by atoms with Crippen LogP contribution in [0.2, 0.25) is 0 Å². The molecule has 1 atom stereocenters. The number of esters is 1. The summed E-state index contributed by atoms with van der Waals surface area (Å²) in [6.45, 7) is 4.36. The first-order valence-electron chi connectivity index (χ1n) is 4.03. The summed E-state index contributed by atoms with van der Waals surface area (Å²) in [5.41, 5.74) is 0. The maximum absolute atomic E-state index is 10.8. The third kappa shape index (κ3) is 5.75. The van der Waals surface area contributed by atoms with Crippen molar-refractivity contribution in [3.8, 4) is 12.3 Å². The van der Waals surface area contributed by atoms with E-state index in [1.807, 2.05) is 6.92 Å². The second kappa shape index (κ2) is 6.68. The molecule has 0 aliphatic rings. The van der Waals surface area contributed by atoms with Crippen LogP contribution in [0.15, 0.2) is 0 Å². The number of hydrogen-bond acceptors (Lipinski definition) is 3. The van der Waals surface area contributed by atoms with Crippen LogP contribution in [0.3, 0.4) is 0 Å². The molecule has 0 amide bonds. The first-order valence-corrected chi connectivity index (χ1v) is 4.03. The molecule has 0 aliphatic heterocycles. The number of carbonyl (C=O) groups excluding carboxylic acids is 1. The van der Waals surface area contributed by atoms with Gasteiger partial charge in [-0.3, -0.25) is 4.79 Å². The molecule has 0 aromatic heterocycles. The van der Waals surface area contributed by atoms with Crippen LogP contribution in [0.25, 0.3) is 0 Å². The van der Waals surface area contributed by atoms with E-state index < -0.39 is 0 Å². The first kappa shape index (κ1) is 11.0. The zero-order valence-corrected chi connectivity index (χ0v) is 7.59. The zero-order chi connectivity index (χ0) is 9.40. The SMILES string of the molecule is C#CCC(C)NCC(=O)OCC. The van der Waals surface area contributed by atoms with E-state index in [0.717, 1.165) is 0 Å². The van der Waals surface area contributed by atoms with Gasteiger partial charge in [0.05, 0.1) is 13.2 Å². The van der Waals surface area contributed by atoms with Crippen molar-refractivity contribution in [3.63, 3.8) is 0 Å². The lowest BCUT2D eigenvalue weighted by Crippen LogP contribution is -2.32. The molecular weight excluding hydrogens is 154 g/mol. The van der Waals surface area contributed by atoms with Crippen LogP contribution >= 0.6 is 0 Å². The predicted molar refractivity (Wildman–Crippen MR) is 47.5 cm³/mol. The summed E-state index contributed by atoms with van der Waals surface area (Å²) in [5.74, 6) is 2.27. The molecule has 12 heavy (non-hydrogen) atoms. The Kier molecular flexibility index (Phi) is 6.12. The largest absolute Gasteiger partial charge is 0.465 e. The monoisotopic (exact) mass is 169 g/mol. The summed E-state index contributed by atoms with van der Waals surface area (Å²) >= 11 is 0. The summed E-state index contributed by atoms with van der Waals surface area (Å²) in [4.78, 5) is 10.8. The smallest absolute Gasteiger partial charge is 0.319 e. The van der Waals surface area contributed by atoms with Crippen molar-refractivity contribution in [3.05, 3.63) is 0 Å². The van der Waals surface area contributed by atoms with Crippen LogP contribution in [0.1, 0.15) is 20.3 Å². The van der Waals surface area contributed by atoms with Gasteiger partial charge in [0.2, 0.25) is 0 Å². The van der Waals surface area contributed by atoms with E-state index in [0.29, 0.717) is 13.0 Å². The minimum Gasteiger partial charge on any atom is -0.465 e. The van der Waals surface area contributed by atoms with E-state index in [1.54, 1.807) is 6.92 Å². The van der Waals surface area contributed by atoms with Gasteiger partial charge in [-0.2, -0.15) is 0 Å². The van der Waals surface area contributed by atoms with E-state index in [2.05, 4.69) is 11.2 Å². The topological polar surface area (TPSA) is 38.3 Å². The van der Waals surface area contributed by atoms with Gasteiger partial charge in [-0.05, 0) is 13.8 Å². The lowest BCUT2D eigenvalue weighted by atomic mass is 10.2. The molecule has 3 heteroatoms. The third-order valence-corrected chi connectivity index (χ3v) is 1.32. The quantitative estimate of drug-likeness (QED) is 0.482. The van der Waals surface area contributed by atoms with Gasteiger partial charge in [0, 0.05) is 12.5 Å². The van der Waals surface area contributed by atoms with E-state index in [1.165, 1.54) is 0 Å². The maximum Gasteiger partial charge on any atom is 0.319 e. The highest BCUT2D eigenvalue weighted by Crippen LogP contribution is 1.87. The number of nitrogens with one attached hydrogen (secondary N) is 1. The van der Waals surface area contributed by atoms with Crippen LogP contribution in [0.5, 0.6) is 0 Å². The molecule has 0 saturated heterocycles. The van der Waals surface area contributed by atoms with Crippen molar-refractivity contribution < 1.29 is 9.53 Å². The maximum atomic E-state index is 10.8. The third-order valence-electron chi connectivity index (χ3n) is 1.32. The highest BCUT2D eigenvalue weighted by atomic mass is 16.5. The molecule has 0 spiro atoms. The van der Waals surface area contributed by atoms with E-state index in [4.69, 9.17) is 11.2 Å². The average Bonchev–Trinajstić information content (AvgIpc) is 2.02. The van der Waals surface area contributed by atoms with Crippen LogP contribution < -0.4 is 5.32 Å². The molecule has 0 bridgehead atoms. The Balaban J connectivity index is 3.41. The second-order valence-electron chi connectivity index (χ2n) is 2.50. The van der Waals surface area contributed by atoms with E-state index in [-0.39, 0.29) is 18.6 Å². The molecule has 0 saturated carbocycles. The molecule has 0 fully saturated rings. The van der Waals surface area contributed by atoms with Crippen LogP contribution in [-0.2, 0) is 9.53 Å². The molecule has 0 heterocycles. The summed E-state index contributed by atoms with van der Waals surface area (Å²) in [7, 11) is 0. The van der Waals surface area contributed by atoms with E-state index >= 15 is 0 Å². The first-order chi connectivity index (χ1) is 5.70. The van der Waals surface area contributed by atoms with Gasteiger partial charge in [-0.25, -0.2) is 0 Å². The molecule has 0 aromatic rings. The van der Waals surface area contributed by atoms with Gasteiger partial charge in [0.15, 0.2) is 0 Å². The Morgan fingerprint density at radius 3 is 2.92 bits per heavy atom. The predicted octanol–water partition coefficient (Wildman–Crippen LogP) is 0.551. The van der Waals surface area contributed by atoms with Crippen molar-refractivity contribution in [2.24, 2.45) is 0 Å². The van der Waals surface area contributed by atoms with Gasteiger partial charge < -0.3 is 10.1 Å². The van der Waals surface area contributed by atoms with Crippen molar-refractivity contribution in [2.75, 3.05) is 13.2 Å². The number of terminal acetylenes is 1. The molecule has 1 unspecified atom stereocenters. The Hall–Kier alpha value is -1.01. The number of carbonyl (C=O) groups is 1. The Labute approximate surface area is 73.5 Å². The Bertz CT molecular complexity index is 172. The summed E-state index contributed by atoms with van der Waals surface area (Å²) in [5, 5.41) is 2.95. The van der Waals surface area contributed by atoms with Crippen molar-refractivity contribution in [1.82, 2.24) is 5.32 Å². The highest BCUT2D eigenvalue weighted by Gasteiger charge is 2.03. The minimum atomic E-state index is -0.235. The minimum absolute atomic E-state index is 0.166. The fourth-order valence-electron chi connectivity index (χ4n) is 0.719. The van der Waals surface area contributed by atoms with Crippen LogP contribution in [0, 0.1) is 12.3 Å². The van der Waals surface area contributed by atoms with Gasteiger partial charge in [0.25, 0.3) is 0 Å². The van der Waals surface area contributed by atoms with E-state index in [9.17, 15) is 4.79 Å². The van der Waals surface area contributed by atoms with Gasteiger partial charge in [0.1, 0.15) is 0 Å². The molecular formula is C9H15NO2. The lowest BCUT2D eigenvalue weighted by molar-refractivity contribution is -0.142. The molecule has 68 valence electrons. The molecule has 0 aromatic carbocycles. The van der Waals surface area contributed by atoms with Gasteiger partial charge in [-0.1, -0.05) is 0 Å². The van der Waals surface area contributed by atoms with Crippen molar-refractivity contribution in [1.29, 1.82) is 0 Å². The fraction of sp³-hybridized carbons (Fsp3) is 0.667.